The Balaban J connectivity index is 2.38. The highest BCUT2D eigenvalue weighted by Crippen LogP contribution is 2.32. The minimum Gasteiger partial charge on any atom is -0.456 e. The molecule has 2 heterocycles. The Kier molecular flexibility index (Phi) is 11.8. The first kappa shape index (κ1) is 32.9. The first-order valence-electron chi connectivity index (χ1n) is 12.2. The molecule has 0 aromatic rings. The van der Waals surface area contributed by atoms with E-state index in [-0.39, 0.29) is 0 Å². The average Bonchev–Trinajstić information content (AvgIpc) is 2.79. The van der Waals surface area contributed by atoms with Gasteiger partial charge in [0.15, 0.2) is 49.2 Å². The van der Waals surface area contributed by atoms with Crippen LogP contribution in [0.4, 0.5) is 0 Å². The molecule has 0 radical (unpaired) electrons. The SMILES string of the molecule is CC(=O)OC1C(OC(C)=O)[C@H](C)OC(OCC2O[C@H](O)C(OC(C)=O)[C@@H](OC(C)=O)[C@@H]2OC(C)=O)[C@@H]1OC(C)=O. The highest BCUT2D eigenvalue weighted by molar-refractivity contribution is 5.69. The maximum Gasteiger partial charge on any atom is 0.303 e. The number of esters is 6. The van der Waals surface area contributed by atoms with Gasteiger partial charge in [-0.2, -0.15) is 0 Å². The summed E-state index contributed by atoms with van der Waals surface area (Å²) in [5, 5.41) is 10.5. The second kappa shape index (κ2) is 14.3. The van der Waals surface area contributed by atoms with Crippen LogP contribution in [0.2, 0.25) is 0 Å². The summed E-state index contributed by atoms with van der Waals surface area (Å²) in [6.45, 7) is 7.43. The Morgan fingerprint density at radius 2 is 0.925 bits per heavy atom. The normalized spacial score (nSPS) is 33.6. The van der Waals surface area contributed by atoms with Gasteiger partial charge in [-0.1, -0.05) is 0 Å². The van der Waals surface area contributed by atoms with Crippen LogP contribution in [0, 0.1) is 0 Å². The van der Waals surface area contributed by atoms with Gasteiger partial charge in [-0.25, -0.2) is 0 Å². The molecule has 40 heavy (non-hydrogen) atoms. The molecule has 0 aromatic heterocycles. The van der Waals surface area contributed by atoms with Gasteiger partial charge in [0.2, 0.25) is 0 Å². The molecule has 0 spiro atoms. The molecule has 0 saturated carbocycles. The molecule has 226 valence electrons. The van der Waals surface area contributed by atoms with E-state index in [1.165, 1.54) is 6.92 Å². The molecule has 2 saturated heterocycles. The largest absolute Gasteiger partial charge is 0.456 e. The fraction of sp³-hybridized carbons (Fsp3) is 0.750. The van der Waals surface area contributed by atoms with Gasteiger partial charge in [-0.3, -0.25) is 28.8 Å². The van der Waals surface area contributed by atoms with Gasteiger partial charge >= 0.3 is 35.8 Å². The van der Waals surface area contributed by atoms with Crippen molar-refractivity contribution in [1.82, 2.24) is 0 Å². The Hall–Kier alpha value is -3.34. The molecule has 16 nitrogen and oxygen atoms in total. The van der Waals surface area contributed by atoms with E-state index in [0.29, 0.717) is 0 Å². The lowest BCUT2D eigenvalue weighted by Crippen LogP contribution is -2.64. The van der Waals surface area contributed by atoms with Crippen molar-refractivity contribution < 1.29 is 76.5 Å². The third-order valence-electron chi connectivity index (χ3n) is 5.57. The van der Waals surface area contributed by atoms with Crippen molar-refractivity contribution in [1.29, 1.82) is 0 Å². The molecule has 0 amide bonds. The van der Waals surface area contributed by atoms with Crippen LogP contribution < -0.4 is 0 Å². The molecular formula is C24H34O16. The molecule has 5 unspecified atom stereocenters. The second-order valence-electron chi connectivity index (χ2n) is 9.05. The number of carbonyl (C=O) groups is 6. The third-order valence-corrected chi connectivity index (χ3v) is 5.57. The average molecular weight is 579 g/mol. The third kappa shape index (κ3) is 9.11. The van der Waals surface area contributed by atoms with Gasteiger partial charge in [0.05, 0.1) is 12.7 Å². The zero-order valence-electron chi connectivity index (χ0n) is 23.1. The van der Waals surface area contributed by atoms with E-state index in [2.05, 4.69) is 0 Å². The first-order valence-corrected chi connectivity index (χ1v) is 12.2. The smallest absolute Gasteiger partial charge is 0.303 e. The number of aliphatic hydroxyl groups is 1. The van der Waals surface area contributed by atoms with Crippen LogP contribution in [0.1, 0.15) is 48.5 Å². The highest BCUT2D eigenvalue weighted by atomic mass is 16.7. The summed E-state index contributed by atoms with van der Waals surface area (Å²) in [5.41, 5.74) is 0. The standard InChI is InChI=1S/C24H34O16/c1-9-17(34-10(2)25)19(36-12(4)27)22(39-15(7)30)24(33-9)32-8-16-18(35-11(3)26)20(37-13(5)28)21(23(31)40-16)38-14(6)29/h9,16-24,31H,8H2,1-7H3/t9-,16?,17?,18+,19?,20-,21?,22+,23-,24?/m0/s1. The summed E-state index contributed by atoms with van der Waals surface area (Å²) in [6.07, 6.45) is -14.0. The number of carbonyl (C=O) groups excluding carboxylic acids is 6. The van der Waals surface area contributed by atoms with Crippen molar-refractivity contribution in [3.05, 3.63) is 0 Å². The van der Waals surface area contributed by atoms with Crippen LogP contribution >= 0.6 is 0 Å². The van der Waals surface area contributed by atoms with E-state index in [1.54, 1.807) is 0 Å². The molecule has 0 bridgehead atoms. The lowest BCUT2D eigenvalue weighted by atomic mass is 9.97. The molecule has 1 N–H and O–H groups in total. The maximum absolute atomic E-state index is 11.9. The highest BCUT2D eigenvalue weighted by Gasteiger charge is 2.54. The van der Waals surface area contributed by atoms with Crippen molar-refractivity contribution in [3.63, 3.8) is 0 Å². The maximum atomic E-state index is 11.9. The molecule has 0 aromatic carbocycles. The Morgan fingerprint density at radius 1 is 0.550 bits per heavy atom. The first-order chi connectivity index (χ1) is 18.6. The minimum atomic E-state index is -1.84. The van der Waals surface area contributed by atoms with Crippen molar-refractivity contribution >= 4 is 35.8 Å². The molecule has 2 rings (SSSR count). The summed E-state index contributed by atoms with van der Waals surface area (Å²) in [5.74, 6) is -4.81. The zero-order valence-corrected chi connectivity index (χ0v) is 23.1. The predicted molar refractivity (Wildman–Crippen MR) is 124 cm³/mol. The summed E-state index contributed by atoms with van der Waals surface area (Å²) >= 11 is 0. The molecule has 2 aliphatic heterocycles. The van der Waals surface area contributed by atoms with Crippen LogP contribution in [-0.2, 0) is 71.4 Å². The van der Waals surface area contributed by atoms with Gasteiger partial charge in [0, 0.05) is 41.5 Å². The van der Waals surface area contributed by atoms with Gasteiger partial charge in [-0.15, -0.1) is 0 Å². The zero-order chi connectivity index (χ0) is 30.3. The van der Waals surface area contributed by atoms with Crippen molar-refractivity contribution in [3.8, 4) is 0 Å². The number of rotatable bonds is 9. The van der Waals surface area contributed by atoms with E-state index >= 15 is 0 Å². The summed E-state index contributed by atoms with van der Waals surface area (Å²) in [6, 6.07) is 0. The summed E-state index contributed by atoms with van der Waals surface area (Å²) in [4.78, 5) is 70.7. The van der Waals surface area contributed by atoms with E-state index in [1.807, 2.05) is 0 Å². The van der Waals surface area contributed by atoms with E-state index in [0.717, 1.165) is 41.5 Å². The van der Waals surface area contributed by atoms with Crippen LogP contribution in [0.3, 0.4) is 0 Å². The van der Waals surface area contributed by atoms with Crippen LogP contribution in [-0.4, -0.2) is 109 Å². The number of ether oxygens (including phenoxy) is 9. The van der Waals surface area contributed by atoms with E-state index in [4.69, 9.17) is 42.6 Å². The van der Waals surface area contributed by atoms with Crippen molar-refractivity contribution in [2.45, 2.75) is 110 Å². The number of hydrogen-bond acceptors (Lipinski definition) is 16. The number of aliphatic hydroxyl groups excluding tert-OH is 1. The van der Waals surface area contributed by atoms with Crippen LogP contribution in [0.15, 0.2) is 0 Å². The van der Waals surface area contributed by atoms with Crippen LogP contribution in [0.5, 0.6) is 0 Å². The second-order valence-corrected chi connectivity index (χ2v) is 9.05. The summed E-state index contributed by atoms with van der Waals surface area (Å²) < 4.78 is 48.5. The van der Waals surface area contributed by atoms with Gasteiger partial charge in [0.1, 0.15) is 6.10 Å². The lowest BCUT2D eigenvalue weighted by Gasteiger charge is -2.45. The minimum absolute atomic E-state index is 0.542. The van der Waals surface area contributed by atoms with E-state index < -0.39 is 104 Å². The predicted octanol–water partition coefficient (Wildman–Crippen LogP) is -0.945. The van der Waals surface area contributed by atoms with Gasteiger partial charge in [-0.05, 0) is 6.92 Å². The number of hydrogen-bond donors (Lipinski definition) is 1. The van der Waals surface area contributed by atoms with E-state index in [9.17, 15) is 33.9 Å². The quantitative estimate of drug-likeness (QED) is 0.259. The lowest BCUT2D eigenvalue weighted by molar-refractivity contribution is -0.326. The van der Waals surface area contributed by atoms with Crippen molar-refractivity contribution in [2.75, 3.05) is 6.61 Å². The van der Waals surface area contributed by atoms with Crippen molar-refractivity contribution in [2.24, 2.45) is 0 Å². The Morgan fingerprint density at radius 3 is 1.40 bits per heavy atom. The monoisotopic (exact) mass is 578 g/mol. The molecule has 2 aliphatic rings. The van der Waals surface area contributed by atoms with Crippen LogP contribution in [0.25, 0.3) is 0 Å². The fourth-order valence-electron chi connectivity index (χ4n) is 4.30. The molecule has 0 aliphatic carbocycles. The molecular weight excluding hydrogens is 544 g/mol. The summed E-state index contributed by atoms with van der Waals surface area (Å²) in [7, 11) is 0. The molecule has 2 fully saturated rings. The fourth-order valence-corrected chi connectivity index (χ4v) is 4.30. The topological polar surface area (TPSA) is 206 Å². The Labute approximate surface area is 229 Å². The Bertz CT molecular complexity index is 889. The van der Waals surface area contributed by atoms with Gasteiger partial charge in [0.25, 0.3) is 0 Å². The molecule has 10 atom stereocenters. The van der Waals surface area contributed by atoms with Gasteiger partial charge < -0.3 is 47.7 Å². The molecule has 16 heteroatoms.